The first-order valence-electron chi connectivity index (χ1n) is 7.25. The van der Waals surface area contributed by atoms with Crippen molar-refractivity contribution in [3.8, 4) is 0 Å². The molecule has 104 valence electrons. The summed E-state index contributed by atoms with van der Waals surface area (Å²) in [4.78, 5) is 0. The number of likely N-dealkylation sites (N-methyl/N-ethyl adjacent to an activating group) is 1. The summed E-state index contributed by atoms with van der Waals surface area (Å²) in [5.41, 5.74) is 2.73. The summed E-state index contributed by atoms with van der Waals surface area (Å²) in [5.74, 6) is 0.377. The molecule has 1 unspecified atom stereocenters. The van der Waals surface area contributed by atoms with E-state index < -0.39 is 0 Å². The Kier molecular flexibility index (Phi) is 5.57. The highest BCUT2D eigenvalue weighted by Gasteiger charge is 2.22. The average Bonchev–Trinajstić information content (AvgIpc) is 2.53. The third-order valence-corrected chi connectivity index (χ3v) is 3.77. The van der Waals surface area contributed by atoms with Crippen LogP contribution in [0, 0.1) is 0 Å². The summed E-state index contributed by atoms with van der Waals surface area (Å²) in [6.45, 7) is 3.84. The zero-order valence-corrected chi connectivity index (χ0v) is 12.1. The summed E-state index contributed by atoms with van der Waals surface area (Å²) in [7, 11) is 2.05. The van der Waals surface area contributed by atoms with Crippen molar-refractivity contribution >= 4 is 0 Å². The number of hydrogen-bond donors (Lipinski definition) is 1. The van der Waals surface area contributed by atoms with E-state index in [1.165, 1.54) is 11.1 Å². The van der Waals surface area contributed by atoms with Crippen molar-refractivity contribution in [3.63, 3.8) is 0 Å². The number of allylic oxidation sites excluding steroid dienone is 1. The van der Waals surface area contributed by atoms with Crippen LogP contribution in [0.5, 0.6) is 0 Å². The summed E-state index contributed by atoms with van der Waals surface area (Å²) in [5, 5.41) is 3.49. The summed E-state index contributed by atoms with van der Waals surface area (Å²) >= 11 is 0. The Morgan fingerprint density at radius 3 is 1.85 bits per heavy atom. The van der Waals surface area contributed by atoms with Crippen molar-refractivity contribution in [2.24, 2.45) is 0 Å². The summed E-state index contributed by atoms with van der Waals surface area (Å²) < 4.78 is 0. The Labute approximate surface area is 122 Å². The lowest BCUT2D eigenvalue weighted by Gasteiger charge is -2.28. The third kappa shape index (κ3) is 3.58. The minimum atomic E-state index is 0.377. The molecule has 0 amide bonds. The van der Waals surface area contributed by atoms with Crippen LogP contribution < -0.4 is 5.32 Å². The molecule has 0 saturated heterocycles. The molecule has 0 spiro atoms. The lowest BCUT2D eigenvalue weighted by atomic mass is 9.83. The maximum atomic E-state index is 3.84. The molecule has 0 aromatic heterocycles. The minimum absolute atomic E-state index is 0.377. The number of rotatable bonds is 7. The van der Waals surface area contributed by atoms with E-state index in [2.05, 4.69) is 72.6 Å². The maximum absolute atomic E-state index is 3.84. The van der Waals surface area contributed by atoms with E-state index in [0.717, 1.165) is 12.8 Å². The Balaban J connectivity index is 2.35. The fourth-order valence-corrected chi connectivity index (χ4v) is 2.75. The molecular formula is C19H23N. The first-order chi connectivity index (χ1) is 9.86. The first kappa shape index (κ1) is 14.5. The van der Waals surface area contributed by atoms with Crippen molar-refractivity contribution in [1.82, 2.24) is 5.32 Å². The van der Waals surface area contributed by atoms with Gasteiger partial charge in [0, 0.05) is 12.0 Å². The zero-order valence-electron chi connectivity index (χ0n) is 12.1. The van der Waals surface area contributed by atoms with Crippen LogP contribution >= 0.6 is 0 Å². The van der Waals surface area contributed by atoms with Crippen LogP contribution in [-0.4, -0.2) is 13.1 Å². The highest BCUT2D eigenvalue weighted by atomic mass is 14.9. The Morgan fingerprint density at radius 2 is 1.45 bits per heavy atom. The predicted octanol–water partition coefficient (Wildman–Crippen LogP) is 4.37. The molecule has 2 aromatic carbocycles. The van der Waals surface area contributed by atoms with Crippen molar-refractivity contribution in [1.29, 1.82) is 0 Å². The number of nitrogens with one attached hydrogen (secondary N) is 1. The summed E-state index contributed by atoms with van der Waals surface area (Å²) in [6, 6.07) is 21.9. The van der Waals surface area contributed by atoms with Gasteiger partial charge in [0.1, 0.15) is 0 Å². The molecule has 2 aromatic rings. The van der Waals surface area contributed by atoms with Gasteiger partial charge in [0.15, 0.2) is 0 Å². The maximum Gasteiger partial charge on any atom is 0.0243 e. The van der Waals surface area contributed by atoms with E-state index in [-0.39, 0.29) is 0 Å². The van der Waals surface area contributed by atoms with E-state index in [9.17, 15) is 0 Å². The second-order valence-electron chi connectivity index (χ2n) is 5.06. The van der Waals surface area contributed by atoms with Crippen LogP contribution in [0.2, 0.25) is 0 Å². The van der Waals surface area contributed by atoms with Gasteiger partial charge < -0.3 is 5.32 Å². The van der Waals surface area contributed by atoms with Gasteiger partial charge in [0.05, 0.1) is 0 Å². The fraction of sp³-hybridized carbons (Fsp3) is 0.263. The molecule has 0 aliphatic carbocycles. The molecular weight excluding hydrogens is 242 g/mol. The van der Waals surface area contributed by atoms with E-state index in [1.54, 1.807) is 0 Å². The zero-order chi connectivity index (χ0) is 14.2. The minimum Gasteiger partial charge on any atom is -0.316 e. The van der Waals surface area contributed by atoms with Gasteiger partial charge in [-0.3, -0.25) is 0 Å². The normalized spacial score (nSPS) is 12.3. The van der Waals surface area contributed by atoms with Gasteiger partial charge in [-0.2, -0.15) is 0 Å². The SMILES string of the molecule is C=CCCC(NC)C(c1ccccc1)c1ccccc1. The molecule has 0 heterocycles. The van der Waals surface area contributed by atoms with Crippen molar-refractivity contribution in [3.05, 3.63) is 84.4 Å². The second-order valence-corrected chi connectivity index (χ2v) is 5.06. The molecule has 2 rings (SSSR count). The monoisotopic (exact) mass is 265 g/mol. The van der Waals surface area contributed by atoms with E-state index in [1.807, 2.05) is 13.1 Å². The topological polar surface area (TPSA) is 12.0 Å². The first-order valence-corrected chi connectivity index (χ1v) is 7.25. The summed E-state index contributed by atoms with van der Waals surface area (Å²) in [6.07, 6.45) is 4.12. The number of benzene rings is 2. The van der Waals surface area contributed by atoms with Crippen molar-refractivity contribution < 1.29 is 0 Å². The Morgan fingerprint density at radius 1 is 0.950 bits per heavy atom. The highest BCUT2D eigenvalue weighted by molar-refractivity contribution is 5.34. The van der Waals surface area contributed by atoms with Crippen LogP contribution in [0.1, 0.15) is 29.9 Å². The quantitative estimate of drug-likeness (QED) is 0.733. The Bertz CT molecular complexity index is 464. The van der Waals surface area contributed by atoms with Gasteiger partial charge in [-0.15, -0.1) is 6.58 Å². The number of hydrogen-bond acceptors (Lipinski definition) is 1. The predicted molar refractivity (Wildman–Crippen MR) is 87.0 cm³/mol. The standard InChI is InChI=1S/C19H23N/c1-3-4-15-18(20-2)19(16-11-7-5-8-12-16)17-13-9-6-10-14-17/h3,5-14,18-20H,1,4,15H2,2H3. The van der Waals surface area contributed by atoms with Crippen molar-refractivity contribution in [2.75, 3.05) is 7.05 Å². The van der Waals surface area contributed by atoms with Crippen LogP contribution in [0.15, 0.2) is 73.3 Å². The van der Waals surface area contributed by atoms with Crippen LogP contribution in [0.25, 0.3) is 0 Å². The van der Waals surface area contributed by atoms with E-state index >= 15 is 0 Å². The van der Waals surface area contributed by atoms with E-state index in [4.69, 9.17) is 0 Å². The van der Waals surface area contributed by atoms with Crippen LogP contribution in [0.4, 0.5) is 0 Å². The largest absolute Gasteiger partial charge is 0.316 e. The van der Waals surface area contributed by atoms with Gasteiger partial charge in [0.25, 0.3) is 0 Å². The second kappa shape index (κ2) is 7.66. The lowest BCUT2D eigenvalue weighted by Crippen LogP contribution is -2.32. The van der Waals surface area contributed by atoms with Gasteiger partial charge in [-0.1, -0.05) is 66.7 Å². The molecule has 1 N–H and O–H groups in total. The van der Waals surface area contributed by atoms with Crippen molar-refractivity contribution in [2.45, 2.75) is 24.8 Å². The molecule has 1 heteroatoms. The van der Waals surface area contributed by atoms with Gasteiger partial charge >= 0.3 is 0 Å². The van der Waals surface area contributed by atoms with Gasteiger partial charge in [-0.05, 0) is 31.0 Å². The fourth-order valence-electron chi connectivity index (χ4n) is 2.75. The molecule has 0 bridgehead atoms. The molecule has 0 aliphatic rings. The van der Waals surface area contributed by atoms with Crippen LogP contribution in [0.3, 0.4) is 0 Å². The molecule has 20 heavy (non-hydrogen) atoms. The van der Waals surface area contributed by atoms with E-state index in [0.29, 0.717) is 12.0 Å². The Hall–Kier alpha value is -1.86. The highest BCUT2D eigenvalue weighted by Crippen LogP contribution is 2.29. The van der Waals surface area contributed by atoms with Gasteiger partial charge in [0.2, 0.25) is 0 Å². The molecule has 0 radical (unpaired) electrons. The molecule has 0 fully saturated rings. The smallest absolute Gasteiger partial charge is 0.0243 e. The molecule has 1 nitrogen and oxygen atoms in total. The van der Waals surface area contributed by atoms with Gasteiger partial charge in [-0.25, -0.2) is 0 Å². The lowest BCUT2D eigenvalue weighted by molar-refractivity contribution is 0.477. The third-order valence-electron chi connectivity index (χ3n) is 3.77. The molecule has 1 atom stereocenters. The van der Waals surface area contributed by atoms with Crippen LogP contribution in [-0.2, 0) is 0 Å². The molecule has 0 aliphatic heterocycles. The molecule has 0 saturated carbocycles. The average molecular weight is 265 g/mol.